The van der Waals surface area contributed by atoms with Crippen LogP contribution in [0.15, 0.2) is 36.7 Å². The lowest BCUT2D eigenvalue weighted by Crippen LogP contribution is -2.23. The summed E-state index contributed by atoms with van der Waals surface area (Å²) >= 11 is 0. The van der Waals surface area contributed by atoms with E-state index in [0.717, 1.165) is 30.8 Å². The summed E-state index contributed by atoms with van der Waals surface area (Å²) in [5.74, 6) is 0.897. The van der Waals surface area contributed by atoms with Gasteiger partial charge in [-0.15, -0.1) is 0 Å². The van der Waals surface area contributed by atoms with Crippen molar-refractivity contribution in [2.75, 3.05) is 13.2 Å². The monoisotopic (exact) mass is 287 g/mol. The van der Waals surface area contributed by atoms with Gasteiger partial charge < -0.3 is 10.1 Å². The quantitative estimate of drug-likeness (QED) is 0.758. The highest BCUT2D eigenvalue weighted by atomic mass is 16.5. The number of nitrogens with one attached hydrogen (secondary N) is 1. The number of aryl methyl sites for hydroxylation is 1. The van der Waals surface area contributed by atoms with Gasteiger partial charge in [0.2, 0.25) is 0 Å². The third kappa shape index (κ3) is 4.90. The summed E-state index contributed by atoms with van der Waals surface area (Å²) in [4.78, 5) is 0. The molecule has 0 spiro atoms. The SMILES string of the molecule is CCOc1ccc(-n2cc(CCCNC(C)C)cn2)cc1. The Hall–Kier alpha value is -1.81. The van der Waals surface area contributed by atoms with Gasteiger partial charge in [-0.05, 0) is 56.1 Å². The summed E-state index contributed by atoms with van der Waals surface area (Å²) in [7, 11) is 0. The molecule has 1 aromatic carbocycles. The lowest BCUT2D eigenvalue weighted by Gasteiger charge is -2.06. The molecule has 0 fully saturated rings. The summed E-state index contributed by atoms with van der Waals surface area (Å²) < 4.78 is 7.37. The maximum Gasteiger partial charge on any atom is 0.119 e. The number of nitrogens with zero attached hydrogens (tertiary/aromatic N) is 2. The predicted octanol–water partition coefficient (Wildman–Crippen LogP) is 3.20. The maximum absolute atomic E-state index is 5.45. The van der Waals surface area contributed by atoms with E-state index >= 15 is 0 Å². The molecule has 1 N–H and O–H groups in total. The third-order valence-corrected chi connectivity index (χ3v) is 3.24. The van der Waals surface area contributed by atoms with Crippen molar-refractivity contribution >= 4 is 0 Å². The zero-order chi connectivity index (χ0) is 15.1. The molecule has 0 radical (unpaired) electrons. The molecular formula is C17H25N3O. The first-order valence-corrected chi connectivity index (χ1v) is 7.69. The molecule has 4 nitrogen and oxygen atoms in total. The van der Waals surface area contributed by atoms with Crippen LogP contribution < -0.4 is 10.1 Å². The Morgan fingerprint density at radius 3 is 2.67 bits per heavy atom. The van der Waals surface area contributed by atoms with Gasteiger partial charge in [0, 0.05) is 12.2 Å². The van der Waals surface area contributed by atoms with Crippen molar-refractivity contribution < 1.29 is 4.74 Å². The molecule has 1 heterocycles. The Labute approximate surface area is 127 Å². The van der Waals surface area contributed by atoms with E-state index in [9.17, 15) is 0 Å². The summed E-state index contributed by atoms with van der Waals surface area (Å²) in [6.45, 7) is 8.07. The minimum atomic E-state index is 0.552. The second-order valence-corrected chi connectivity index (χ2v) is 5.43. The van der Waals surface area contributed by atoms with E-state index < -0.39 is 0 Å². The molecule has 0 unspecified atom stereocenters. The predicted molar refractivity (Wildman–Crippen MR) is 86.2 cm³/mol. The van der Waals surface area contributed by atoms with E-state index in [-0.39, 0.29) is 0 Å². The number of aromatic nitrogens is 2. The second-order valence-electron chi connectivity index (χ2n) is 5.43. The first-order chi connectivity index (χ1) is 10.2. The standard InChI is InChI=1S/C17H25N3O/c1-4-21-17-9-7-16(8-10-17)20-13-15(12-19-20)6-5-11-18-14(2)3/h7-10,12-14,18H,4-6,11H2,1-3H3. The zero-order valence-corrected chi connectivity index (χ0v) is 13.2. The molecule has 4 heteroatoms. The fraction of sp³-hybridized carbons (Fsp3) is 0.471. The van der Waals surface area contributed by atoms with Crippen LogP contribution in [0, 0.1) is 0 Å². The normalized spacial score (nSPS) is 11.0. The minimum absolute atomic E-state index is 0.552. The first kappa shape index (κ1) is 15.6. The molecule has 0 saturated heterocycles. The Balaban J connectivity index is 1.89. The van der Waals surface area contributed by atoms with Gasteiger partial charge in [0.25, 0.3) is 0 Å². The molecule has 2 rings (SSSR count). The number of hydrogen-bond donors (Lipinski definition) is 1. The third-order valence-electron chi connectivity index (χ3n) is 3.24. The lowest BCUT2D eigenvalue weighted by atomic mass is 10.2. The Kier molecular flexibility index (Phi) is 5.81. The van der Waals surface area contributed by atoms with Crippen LogP contribution >= 0.6 is 0 Å². The van der Waals surface area contributed by atoms with Crippen molar-refractivity contribution in [3.05, 3.63) is 42.2 Å². The Morgan fingerprint density at radius 1 is 1.24 bits per heavy atom. The van der Waals surface area contributed by atoms with Crippen molar-refractivity contribution in [2.24, 2.45) is 0 Å². The molecule has 1 aromatic heterocycles. The van der Waals surface area contributed by atoms with Crippen molar-refractivity contribution in [1.29, 1.82) is 0 Å². The van der Waals surface area contributed by atoms with E-state index in [1.807, 2.05) is 42.1 Å². The first-order valence-electron chi connectivity index (χ1n) is 7.69. The number of hydrogen-bond acceptors (Lipinski definition) is 3. The Bertz CT molecular complexity index is 531. The fourth-order valence-electron chi connectivity index (χ4n) is 2.18. The molecule has 0 aliphatic heterocycles. The van der Waals surface area contributed by atoms with Gasteiger partial charge in [0.15, 0.2) is 0 Å². The molecule has 114 valence electrons. The number of rotatable bonds is 8. The zero-order valence-electron chi connectivity index (χ0n) is 13.2. The molecular weight excluding hydrogens is 262 g/mol. The van der Waals surface area contributed by atoms with Gasteiger partial charge >= 0.3 is 0 Å². The molecule has 2 aromatic rings. The van der Waals surface area contributed by atoms with Crippen molar-refractivity contribution in [3.8, 4) is 11.4 Å². The van der Waals surface area contributed by atoms with E-state index in [2.05, 4.69) is 30.5 Å². The van der Waals surface area contributed by atoms with Gasteiger partial charge in [-0.2, -0.15) is 5.10 Å². The Morgan fingerprint density at radius 2 is 2.00 bits per heavy atom. The topological polar surface area (TPSA) is 39.1 Å². The molecule has 0 amide bonds. The summed E-state index contributed by atoms with van der Waals surface area (Å²) in [5.41, 5.74) is 2.33. The van der Waals surface area contributed by atoms with E-state index in [1.54, 1.807) is 0 Å². The van der Waals surface area contributed by atoms with E-state index in [4.69, 9.17) is 4.74 Å². The van der Waals surface area contributed by atoms with Gasteiger partial charge in [-0.3, -0.25) is 0 Å². The number of benzene rings is 1. The molecule has 0 aliphatic carbocycles. The van der Waals surface area contributed by atoms with Crippen LogP contribution in [-0.2, 0) is 6.42 Å². The summed E-state index contributed by atoms with van der Waals surface area (Å²) in [6, 6.07) is 8.57. The van der Waals surface area contributed by atoms with Crippen LogP contribution in [0.25, 0.3) is 5.69 Å². The van der Waals surface area contributed by atoms with Gasteiger partial charge in [-0.25, -0.2) is 4.68 Å². The lowest BCUT2D eigenvalue weighted by molar-refractivity contribution is 0.340. The maximum atomic E-state index is 5.45. The molecule has 0 atom stereocenters. The van der Waals surface area contributed by atoms with Gasteiger partial charge in [-0.1, -0.05) is 13.8 Å². The molecule has 0 saturated carbocycles. The van der Waals surface area contributed by atoms with Crippen molar-refractivity contribution in [3.63, 3.8) is 0 Å². The van der Waals surface area contributed by atoms with Crippen molar-refractivity contribution in [1.82, 2.24) is 15.1 Å². The van der Waals surface area contributed by atoms with Crippen LogP contribution in [0.2, 0.25) is 0 Å². The van der Waals surface area contributed by atoms with Crippen LogP contribution in [-0.4, -0.2) is 29.0 Å². The van der Waals surface area contributed by atoms with Crippen LogP contribution in [0.5, 0.6) is 5.75 Å². The highest BCUT2D eigenvalue weighted by Crippen LogP contribution is 2.15. The van der Waals surface area contributed by atoms with Gasteiger partial charge in [0.05, 0.1) is 18.5 Å². The molecule has 0 aliphatic rings. The molecule has 0 bridgehead atoms. The summed E-state index contributed by atoms with van der Waals surface area (Å²) in [6.07, 6.45) is 6.24. The molecule has 21 heavy (non-hydrogen) atoms. The van der Waals surface area contributed by atoms with Crippen LogP contribution in [0.4, 0.5) is 0 Å². The summed E-state index contributed by atoms with van der Waals surface area (Å²) in [5, 5.41) is 7.86. The highest BCUT2D eigenvalue weighted by molar-refractivity contribution is 5.37. The average molecular weight is 287 g/mol. The fourth-order valence-corrected chi connectivity index (χ4v) is 2.18. The largest absolute Gasteiger partial charge is 0.494 e. The van der Waals surface area contributed by atoms with Crippen molar-refractivity contribution in [2.45, 2.75) is 39.7 Å². The number of ether oxygens (including phenoxy) is 1. The van der Waals surface area contributed by atoms with Crippen LogP contribution in [0.1, 0.15) is 32.8 Å². The minimum Gasteiger partial charge on any atom is -0.494 e. The van der Waals surface area contributed by atoms with Gasteiger partial charge in [0.1, 0.15) is 5.75 Å². The van der Waals surface area contributed by atoms with E-state index in [1.165, 1.54) is 5.56 Å². The highest BCUT2D eigenvalue weighted by Gasteiger charge is 2.02. The second kappa shape index (κ2) is 7.84. The average Bonchev–Trinajstić information content (AvgIpc) is 2.93. The van der Waals surface area contributed by atoms with E-state index in [0.29, 0.717) is 12.6 Å². The smallest absolute Gasteiger partial charge is 0.119 e. The van der Waals surface area contributed by atoms with Crippen LogP contribution in [0.3, 0.4) is 0 Å².